The maximum absolute atomic E-state index is 12.8. The third-order valence-corrected chi connectivity index (χ3v) is 3.67. The second kappa shape index (κ2) is 6.34. The minimum absolute atomic E-state index is 0.368. The maximum atomic E-state index is 12.8. The minimum atomic E-state index is -4.36. The molecule has 1 heterocycles. The highest BCUT2D eigenvalue weighted by molar-refractivity contribution is 7.99. The van der Waals surface area contributed by atoms with E-state index in [-0.39, 0.29) is 0 Å². The number of hydrogen-bond acceptors (Lipinski definition) is 4. The van der Waals surface area contributed by atoms with E-state index in [4.69, 9.17) is 4.74 Å². The topological polar surface area (TPSA) is 35.0 Å². The Hall–Kier alpha value is -1.76. The highest BCUT2D eigenvalue weighted by Crippen LogP contribution is 2.37. The van der Waals surface area contributed by atoms with Crippen LogP contribution in [0.15, 0.2) is 35.5 Å². The number of halogens is 3. The van der Waals surface area contributed by atoms with Gasteiger partial charge in [-0.25, -0.2) is 9.97 Å². The van der Waals surface area contributed by atoms with Crippen molar-refractivity contribution in [3.8, 4) is 17.1 Å². The van der Waals surface area contributed by atoms with Gasteiger partial charge in [-0.15, -0.1) is 11.8 Å². The molecule has 0 amide bonds. The Balaban J connectivity index is 2.51. The molecule has 0 aliphatic heterocycles. The molecule has 0 unspecified atom stereocenters. The van der Waals surface area contributed by atoms with Gasteiger partial charge in [0.25, 0.3) is 0 Å². The van der Waals surface area contributed by atoms with E-state index in [9.17, 15) is 13.2 Å². The molecule has 112 valence electrons. The molecule has 21 heavy (non-hydrogen) atoms. The molecule has 0 saturated carbocycles. The summed E-state index contributed by atoms with van der Waals surface area (Å²) in [5, 5.41) is 0. The molecule has 7 heteroatoms. The summed E-state index contributed by atoms with van der Waals surface area (Å²) in [5.41, 5.74) is 0.505. The van der Waals surface area contributed by atoms with Crippen LogP contribution in [0.25, 0.3) is 11.3 Å². The van der Waals surface area contributed by atoms with Gasteiger partial charge in [-0.05, 0) is 17.9 Å². The third kappa shape index (κ3) is 3.66. The van der Waals surface area contributed by atoms with Gasteiger partial charge in [0.05, 0.1) is 18.4 Å². The van der Waals surface area contributed by atoms with Gasteiger partial charge >= 0.3 is 6.18 Å². The van der Waals surface area contributed by atoms with E-state index in [1.54, 1.807) is 6.07 Å². The van der Waals surface area contributed by atoms with E-state index in [0.29, 0.717) is 27.8 Å². The van der Waals surface area contributed by atoms with Gasteiger partial charge in [-0.1, -0.05) is 13.0 Å². The summed E-state index contributed by atoms with van der Waals surface area (Å²) in [6, 6.07) is 5.24. The number of ether oxygens (including phenoxy) is 1. The van der Waals surface area contributed by atoms with Crippen molar-refractivity contribution >= 4 is 11.8 Å². The summed E-state index contributed by atoms with van der Waals surface area (Å²) in [6.07, 6.45) is -3.03. The molecule has 1 aromatic carbocycles. The molecule has 0 radical (unpaired) electrons. The molecule has 0 spiro atoms. The van der Waals surface area contributed by atoms with E-state index in [0.717, 1.165) is 12.1 Å². The molecule has 2 rings (SSSR count). The molecule has 2 aromatic rings. The molecule has 0 bridgehead atoms. The lowest BCUT2D eigenvalue weighted by Crippen LogP contribution is -2.05. The summed E-state index contributed by atoms with van der Waals surface area (Å²) in [7, 11) is 1.47. The first kappa shape index (κ1) is 15.6. The fraction of sp³-hybridized carbons (Fsp3) is 0.286. The first-order chi connectivity index (χ1) is 9.95. The Labute approximate surface area is 124 Å². The number of alkyl halides is 3. The lowest BCUT2D eigenvalue weighted by molar-refractivity contribution is -0.137. The molecule has 0 atom stereocenters. The SMILES string of the molecule is CCSc1cc(C(F)(F)F)ccc1-c1cc(OC)ncn1. The molecule has 0 fully saturated rings. The van der Waals surface area contributed by atoms with Crippen LogP contribution < -0.4 is 4.74 Å². The smallest absolute Gasteiger partial charge is 0.416 e. The van der Waals surface area contributed by atoms with E-state index in [1.807, 2.05) is 6.92 Å². The van der Waals surface area contributed by atoms with E-state index in [1.165, 1.54) is 31.3 Å². The van der Waals surface area contributed by atoms with Crippen LogP contribution in [0.5, 0.6) is 5.88 Å². The standard InChI is InChI=1S/C14H13F3N2OS/c1-3-21-12-6-9(14(15,16)17)4-5-10(12)11-7-13(20-2)19-8-18-11/h4-8H,3H2,1-2H3. The summed E-state index contributed by atoms with van der Waals surface area (Å²) < 4.78 is 43.4. The molecule has 0 aliphatic rings. The van der Waals surface area contributed by atoms with Crippen LogP contribution in [0.2, 0.25) is 0 Å². The zero-order valence-corrected chi connectivity index (χ0v) is 12.3. The van der Waals surface area contributed by atoms with Crippen molar-refractivity contribution in [1.29, 1.82) is 0 Å². The molecule has 0 saturated heterocycles. The summed E-state index contributed by atoms with van der Waals surface area (Å²) in [6.45, 7) is 1.88. The quantitative estimate of drug-likeness (QED) is 0.789. The highest BCUT2D eigenvalue weighted by Gasteiger charge is 2.31. The highest BCUT2D eigenvalue weighted by atomic mass is 32.2. The second-order valence-corrected chi connectivity index (χ2v) is 5.39. The molecule has 3 nitrogen and oxygen atoms in total. The first-order valence-corrected chi connectivity index (χ1v) is 7.14. The van der Waals surface area contributed by atoms with Gasteiger partial charge in [0.2, 0.25) is 5.88 Å². The fourth-order valence-corrected chi connectivity index (χ4v) is 2.63. The van der Waals surface area contributed by atoms with E-state index < -0.39 is 11.7 Å². The Morgan fingerprint density at radius 3 is 2.57 bits per heavy atom. The zero-order chi connectivity index (χ0) is 15.5. The second-order valence-electron chi connectivity index (χ2n) is 4.09. The van der Waals surface area contributed by atoms with Gasteiger partial charge in [0, 0.05) is 16.5 Å². The number of methoxy groups -OCH3 is 1. The van der Waals surface area contributed by atoms with Crippen LogP contribution in [0.3, 0.4) is 0 Å². The Morgan fingerprint density at radius 2 is 1.95 bits per heavy atom. The van der Waals surface area contributed by atoms with Crippen molar-refractivity contribution in [2.75, 3.05) is 12.9 Å². The normalized spacial score (nSPS) is 11.5. The van der Waals surface area contributed by atoms with Gasteiger partial charge in [-0.3, -0.25) is 0 Å². The van der Waals surface area contributed by atoms with Crippen LogP contribution in [0, 0.1) is 0 Å². The van der Waals surface area contributed by atoms with Gasteiger partial charge < -0.3 is 4.74 Å². The first-order valence-electron chi connectivity index (χ1n) is 6.16. The van der Waals surface area contributed by atoms with Crippen molar-refractivity contribution in [2.24, 2.45) is 0 Å². The molecular formula is C14H13F3N2OS. The van der Waals surface area contributed by atoms with Crippen molar-refractivity contribution in [1.82, 2.24) is 9.97 Å². The monoisotopic (exact) mass is 314 g/mol. The van der Waals surface area contributed by atoms with Crippen molar-refractivity contribution in [3.05, 3.63) is 36.2 Å². The molecule has 0 N–H and O–H groups in total. The molecular weight excluding hydrogens is 301 g/mol. The van der Waals surface area contributed by atoms with Crippen LogP contribution in [-0.2, 0) is 6.18 Å². The number of rotatable bonds is 4. The van der Waals surface area contributed by atoms with E-state index >= 15 is 0 Å². The average molecular weight is 314 g/mol. The van der Waals surface area contributed by atoms with Gasteiger partial charge in [0.15, 0.2) is 0 Å². The van der Waals surface area contributed by atoms with Crippen LogP contribution in [0.4, 0.5) is 13.2 Å². The Kier molecular flexibility index (Phi) is 4.72. The molecule has 1 aromatic heterocycles. The average Bonchev–Trinajstić information content (AvgIpc) is 2.46. The zero-order valence-electron chi connectivity index (χ0n) is 11.4. The van der Waals surface area contributed by atoms with Crippen LogP contribution in [-0.4, -0.2) is 22.8 Å². The van der Waals surface area contributed by atoms with Crippen LogP contribution in [0.1, 0.15) is 12.5 Å². The van der Waals surface area contributed by atoms with Crippen molar-refractivity contribution in [2.45, 2.75) is 18.0 Å². The lowest BCUT2D eigenvalue weighted by atomic mass is 10.1. The largest absolute Gasteiger partial charge is 0.481 e. The third-order valence-electron chi connectivity index (χ3n) is 2.74. The predicted octanol–water partition coefficient (Wildman–Crippen LogP) is 4.28. The summed E-state index contributed by atoms with van der Waals surface area (Å²) >= 11 is 1.34. The number of hydrogen-bond donors (Lipinski definition) is 0. The van der Waals surface area contributed by atoms with E-state index in [2.05, 4.69) is 9.97 Å². The minimum Gasteiger partial charge on any atom is -0.481 e. The van der Waals surface area contributed by atoms with Crippen molar-refractivity contribution in [3.63, 3.8) is 0 Å². The number of thioether (sulfide) groups is 1. The predicted molar refractivity (Wildman–Crippen MR) is 75.4 cm³/mol. The maximum Gasteiger partial charge on any atom is 0.416 e. The Morgan fingerprint density at radius 1 is 1.19 bits per heavy atom. The van der Waals surface area contributed by atoms with Gasteiger partial charge in [0.1, 0.15) is 6.33 Å². The Bertz CT molecular complexity index is 632. The van der Waals surface area contributed by atoms with Gasteiger partial charge in [-0.2, -0.15) is 13.2 Å². The summed E-state index contributed by atoms with van der Waals surface area (Å²) in [5.74, 6) is 1.03. The number of benzene rings is 1. The van der Waals surface area contributed by atoms with Crippen molar-refractivity contribution < 1.29 is 17.9 Å². The summed E-state index contributed by atoms with van der Waals surface area (Å²) in [4.78, 5) is 8.54. The fourth-order valence-electron chi connectivity index (χ4n) is 1.78. The lowest BCUT2D eigenvalue weighted by Gasteiger charge is -2.12. The number of aromatic nitrogens is 2. The number of nitrogens with zero attached hydrogens (tertiary/aromatic N) is 2. The van der Waals surface area contributed by atoms with Crippen LogP contribution >= 0.6 is 11.8 Å². The molecule has 0 aliphatic carbocycles.